The summed E-state index contributed by atoms with van der Waals surface area (Å²) in [5.41, 5.74) is 4.83. The van der Waals surface area contributed by atoms with Crippen molar-refractivity contribution in [1.82, 2.24) is 15.5 Å². The number of aromatic nitrogens is 2. The zero-order valence-corrected chi connectivity index (χ0v) is 15.5. The van der Waals surface area contributed by atoms with Gasteiger partial charge in [0.25, 0.3) is 0 Å². The van der Waals surface area contributed by atoms with Crippen molar-refractivity contribution < 1.29 is 9.47 Å². The number of ether oxygens (including phenoxy) is 2. The second kappa shape index (κ2) is 8.54. The molecule has 3 aromatic rings. The molecule has 0 saturated heterocycles. The topological polar surface area (TPSA) is 59.2 Å². The normalized spacial score (nSPS) is 12.0. The summed E-state index contributed by atoms with van der Waals surface area (Å²) in [5, 5.41) is 10.7. The van der Waals surface area contributed by atoms with Crippen molar-refractivity contribution in [2.45, 2.75) is 25.9 Å². The summed E-state index contributed by atoms with van der Waals surface area (Å²) in [6.07, 6.45) is 2.65. The second-order valence-corrected chi connectivity index (χ2v) is 6.26. The maximum absolute atomic E-state index is 5.48. The highest BCUT2D eigenvalue weighted by Crippen LogP contribution is 2.31. The first kappa shape index (κ1) is 18.0. The number of aromatic amines is 1. The molecule has 0 radical (unpaired) electrons. The third kappa shape index (κ3) is 4.24. The van der Waals surface area contributed by atoms with Crippen LogP contribution in [0.4, 0.5) is 0 Å². The van der Waals surface area contributed by atoms with Gasteiger partial charge in [-0.15, -0.1) is 0 Å². The fourth-order valence-corrected chi connectivity index (χ4v) is 3.05. The summed E-state index contributed by atoms with van der Waals surface area (Å²) < 4.78 is 10.9. The van der Waals surface area contributed by atoms with Gasteiger partial charge in [-0.05, 0) is 48.2 Å². The van der Waals surface area contributed by atoms with E-state index in [2.05, 4.69) is 52.8 Å². The van der Waals surface area contributed by atoms with Gasteiger partial charge in [-0.25, -0.2) is 0 Å². The van der Waals surface area contributed by atoms with Crippen molar-refractivity contribution in [3.8, 4) is 11.5 Å². The lowest BCUT2D eigenvalue weighted by molar-refractivity contribution is 0.353. The van der Waals surface area contributed by atoms with Crippen molar-refractivity contribution >= 4 is 0 Å². The number of nitrogens with one attached hydrogen (secondary N) is 2. The molecule has 0 aliphatic carbocycles. The Morgan fingerprint density at radius 1 is 1.04 bits per heavy atom. The zero-order chi connectivity index (χ0) is 18.4. The Bertz CT molecular complexity index is 831. The molecule has 0 fully saturated rings. The Morgan fingerprint density at radius 3 is 2.54 bits per heavy atom. The van der Waals surface area contributed by atoms with Gasteiger partial charge < -0.3 is 14.8 Å². The third-order valence-electron chi connectivity index (χ3n) is 4.59. The first-order valence-corrected chi connectivity index (χ1v) is 8.69. The van der Waals surface area contributed by atoms with Gasteiger partial charge in [0.05, 0.1) is 14.2 Å². The molecule has 0 amide bonds. The molecule has 0 bridgehead atoms. The Balaban J connectivity index is 1.87. The molecule has 0 spiro atoms. The molecule has 0 saturated carbocycles. The summed E-state index contributed by atoms with van der Waals surface area (Å²) >= 11 is 0. The minimum absolute atomic E-state index is 0.138. The minimum atomic E-state index is 0.138. The number of H-pyrrole nitrogens is 1. The van der Waals surface area contributed by atoms with Gasteiger partial charge in [0.2, 0.25) is 0 Å². The minimum Gasteiger partial charge on any atom is -0.493 e. The molecule has 0 aliphatic rings. The van der Waals surface area contributed by atoms with E-state index in [1.165, 1.54) is 11.1 Å². The van der Waals surface area contributed by atoms with E-state index >= 15 is 0 Å². The van der Waals surface area contributed by atoms with Crippen LogP contribution in [-0.4, -0.2) is 24.4 Å². The maximum atomic E-state index is 5.48. The van der Waals surface area contributed by atoms with Crippen LogP contribution < -0.4 is 14.8 Å². The molecule has 1 heterocycles. The molecule has 2 aromatic carbocycles. The molecule has 1 aromatic heterocycles. The highest BCUT2D eigenvalue weighted by Gasteiger charge is 2.16. The first-order chi connectivity index (χ1) is 12.7. The maximum Gasteiger partial charge on any atom is 0.161 e. The molecular weight excluding hydrogens is 326 g/mol. The highest BCUT2D eigenvalue weighted by atomic mass is 16.5. The lowest BCUT2D eigenvalue weighted by Gasteiger charge is -2.21. The van der Waals surface area contributed by atoms with E-state index in [1.807, 2.05) is 18.2 Å². The molecule has 136 valence electrons. The van der Waals surface area contributed by atoms with Crippen LogP contribution >= 0.6 is 0 Å². The van der Waals surface area contributed by atoms with E-state index in [0.717, 1.165) is 29.2 Å². The van der Waals surface area contributed by atoms with Crippen LogP contribution in [0, 0.1) is 6.92 Å². The number of benzene rings is 2. The van der Waals surface area contributed by atoms with Crippen LogP contribution in [0.5, 0.6) is 11.5 Å². The Hall–Kier alpha value is -2.79. The molecule has 26 heavy (non-hydrogen) atoms. The SMILES string of the molecule is COc1ccc(C(Cc2ccccc2C)NCc2ccn[nH]2)cc1OC. The number of hydrogen-bond acceptors (Lipinski definition) is 4. The van der Waals surface area contributed by atoms with Crippen LogP contribution in [-0.2, 0) is 13.0 Å². The molecule has 2 N–H and O–H groups in total. The summed E-state index contributed by atoms with van der Waals surface area (Å²) in [4.78, 5) is 0. The smallest absolute Gasteiger partial charge is 0.161 e. The fourth-order valence-electron chi connectivity index (χ4n) is 3.05. The van der Waals surface area contributed by atoms with Gasteiger partial charge >= 0.3 is 0 Å². The molecule has 5 nitrogen and oxygen atoms in total. The average molecular weight is 351 g/mol. The van der Waals surface area contributed by atoms with Crippen LogP contribution in [0.15, 0.2) is 54.7 Å². The molecular formula is C21H25N3O2. The van der Waals surface area contributed by atoms with E-state index in [1.54, 1.807) is 20.4 Å². The number of methoxy groups -OCH3 is 2. The quantitative estimate of drug-likeness (QED) is 0.648. The van der Waals surface area contributed by atoms with Gasteiger partial charge in [-0.2, -0.15) is 5.10 Å². The van der Waals surface area contributed by atoms with Crippen molar-refractivity contribution in [3.05, 3.63) is 77.1 Å². The average Bonchev–Trinajstić information content (AvgIpc) is 3.19. The fraction of sp³-hybridized carbons (Fsp3) is 0.286. The largest absolute Gasteiger partial charge is 0.493 e. The van der Waals surface area contributed by atoms with Crippen LogP contribution in [0.2, 0.25) is 0 Å². The number of hydrogen-bond donors (Lipinski definition) is 2. The Morgan fingerprint density at radius 2 is 1.85 bits per heavy atom. The van der Waals surface area contributed by atoms with Crippen LogP contribution in [0.1, 0.15) is 28.4 Å². The van der Waals surface area contributed by atoms with Gasteiger partial charge in [0.15, 0.2) is 11.5 Å². The van der Waals surface area contributed by atoms with E-state index < -0.39 is 0 Å². The van der Waals surface area contributed by atoms with Crippen LogP contribution in [0.3, 0.4) is 0 Å². The van der Waals surface area contributed by atoms with E-state index in [0.29, 0.717) is 6.54 Å². The van der Waals surface area contributed by atoms with E-state index in [9.17, 15) is 0 Å². The first-order valence-electron chi connectivity index (χ1n) is 8.69. The standard InChI is InChI=1S/C21H25N3O2/c1-15-6-4-5-7-16(15)12-19(22-14-18-10-11-23-24-18)17-8-9-20(25-2)21(13-17)26-3/h4-11,13,19,22H,12,14H2,1-3H3,(H,23,24). The second-order valence-electron chi connectivity index (χ2n) is 6.26. The van der Waals surface area contributed by atoms with Crippen molar-refractivity contribution in [3.63, 3.8) is 0 Å². The Labute approximate surface area is 154 Å². The Kier molecular flexibility index (Phi) is 5.92. The van der Waals surface area contributed by atoms with Gasteiger partial charge in [-0.3, -0.25) is 5.10 Å². The van der Waals surface area contributed by atoms with Gasteiger partial charge in [0, 0.05) is 24.5 Å². The predicted molar refractivity (Wildman–Crippen MR) is 103 cm³/mol. The van der Waals surface area contributed by atoms with Gasteiger partial charge in [0.1, 0.15) is 0 Å². The lowest BCUT2D eigenvalue weighted by Crippen LogP contribution is -2.23. The van der Waals surface area contributed by atoms with E-state index in [-0.39, 0.29) is 6.04 Å². The number of nitrogens with zero attached hydrogens (tertiary/aromatic N) is 1. The lowest BCUT2D eigenvalue weighted by atomic mass is 9.95. The summed E-state index contributed by atoms with van der Waals surface area (Å²) in [6.45, 7) is 2.86. The van der Waals surface area contributed by atoms with Crippen molar-refractivity contribution in [1.29, 1.82) is 0 Å². The van der Waals surface area contributed by atoms with Crippen molar-refractivity contribution in [2.24, 2.45) is 0 Å². The van der Waals surface area contributed by atoms with Gasteiger partial charge in [-0.1, -0.05) is 30.3 Å². The summed E-state index contributed by atoms with van der Waals surface area (Å²) in [5.74, 6) is 1.47. The van der Waals surface area contributed by atoms with E-state index in [4.69, 9.17) is 9.47 Å². The zero-order valence-electron chi connectivity index (χ0n) is 15.5. The number of rotatable bonds is 8. The highest BCUT2D eigenvalue weighted by molar-refractivity contribution is 5.44. The number of aryl methyl sites for hydroxylation is 1. The molecule has 0 aliphatic heterocycles. The molecule has 1 atom stereocenters. The predicted octanol–water partition coefficient (Wildman–Crippen LogP) is 3.81. The molecule has 3 rings (SSSR count). The summed E-state index contributed by atoms with van der Waals surface area (Å²) in [7, 11) is 3.31. The molecule has 5 heteroatoms. The third-order valence-corrected chi connectivity index (χ3v) is 4.59. The van der Waals surface area contributed by atoms with Crippen LogP contribution in [0.25, 0.3) is 0 Å². The monoisotopic (exact) mass is 351 g/mol. The molecule has 1 unspecified atom stereocenters. The summed E-state index contributed by atoms with van der Waals surface area (Å²) in [6, 6.07) is 16.7. The van der Waals surface area contributed by atoms with Crippen molar-refractivity contribution in [2.75, 3.05) is 14.2 Å².